The van der Waals surface area contributed by atoms with E-state index in [0.717, 1.165) is 18.7 Å². The summed E-state index contributed by atoms with van der Waals surface area (Å²) in [6, 6.07) is 6.44. The van der Waals surface area contributed by atoms with Crippen LogP contribution in [-0.2, 0) is 16.1 Å². The molecule has 1 aliphatic rings. The van der Waals surface area contributed by atoms with E-state index in [1.807, 2.05) is 38.7 Å². The Morgan fingerprint density at radius 1 is 1.43 bits per heavy atom. The van der Waals surface area contributed by atoms with E-state index in [4.69, 9.17) is 4.74 Å². The average molecular weight is 322 g/mol. The van der Waals surface area contributed by atoms with Crippen LogP contribution in [0.3, 0.4) is 0 Å². The minimum atomic E-state index is -0.318. The van der Waals surface area contributed by atoms with Gasteiger partial charge in [-0.05, 0) is 45.4 Å². The van der Waals surface area contributed by atoms with Crippen LogP contribution in [0.5, 0.6) is 0 Å². The zero-order valence-electron chi connectivity index (χ0n) is 14.5. The second kappa shape index (κ2) is 7.41. The number of hydrogen-bond donors (Lipinski definition) is 0. The molecule has 1 aromatic carbocycles. The topological polar surface area (TPSA) is 32.8 Å². The van der Waals surface area contributed by atoms with Gasteiger partial charge in [-0.2, -0.15) is 0 Å². The highest BCUT2D eigenvalue weighted by Gasteiger charge is 2.29. The lowest BCUT2D eigenvalue weighted by atomic mass is 10.0. The Hall–Kier alpha value is -1.46. The molecule has 1 amide bonds. The molecule has 1 fully saturated rings. The van der Waals surface area contributed by atoms with Gasteiger partial charge in [-0.25, -0.2) is 4.39 Å². The first kappa shape index (κ1) is 17.9. The number of amides is 1. The molecular weight excluding hydrogens is 295 g/mol. The van der Waals surface area contributed by atoms with E-state index in [1.165, 1.54) is 12.1 Å². The summed E-state index contributed by atoms with van der Waals surface area (Å²) in [6.07, 6.45) is 0.155. The predicted molar refractivity (Wildman–Crippen MR) is 88.6 cm³/mol. The first-order valence-corrected chi connectivity index (χ1v) is 8.14. The molecule has 1 saturated heterocycles. The number of halogens is 1. The maximum Gasteiger partial charge on any atom is 0.237 e. The molecule has 4 nitrogen and oxygen atoms in total. The van der Waals surface area contributed by atoms with Crippen LogP contribution in [0.4, 0.5) is 4.39 Å². The van der Waals surface area contributed by atoms with Gasteiger partial charge in [0.25, 0.3) is 0 Å². The maximum atomic E-state index is 13.4. The molecule has 0 bridgehead atoms. The van der Waals surface area contributed by atoms with E-state index in [-0.39, 0.29) is 23.4 Å². The molecule has 0 saturated carbocycles. The van der Waals surface area contributed by atoms with Gasteiger partial charge in [-0.15, -0.1) is 0 Å². The Balaban J connectivity index is 2.07. The van der Waals surface area contributed by atoms with Crippen LogP contribution < -0.4 is 0 Å². The molecule has 1 aliphatic heterocycles. The largest absolute Gasteiger partial charge is 0.376 e. The molecule has 0 spiro atoms. The summed E-state index contributed by atoms with van der Waals surface area (Å²) in [4.78, 5) is 16.8. The molecule has 1 heterocycles. The maximum absolute atomic E-state index is 13.4. The van der Waals surface area contributed by atoms with Gasteiger partial charge >= 0.3 is 0 Å². The van der Waals surface area contributed by atoms with Crippen LogP contribution in [0.15, 0.2) is 24.3 Å². The van der Waals surface area contributed by atoms with Crippen molar-refractivity contribution in [3.8, 4) is 0 Å². The molecule has 23 heavy (non-hydrogen) atoms. The third-order valence-corrected chi connectivity index (χ3v) is 4.02. The van der Waals surface area contributed by atoms with Crippen molar-refractivity contribution in [1.29, 1.82) is 0 Å². The summed E-state index contributed by atoms with van der Waals surface area (Å²) < 4.78 is 18.9. The van der Waals surface area contributed by atoms with Gasteiger partial charge in [-0.3, -0.25) is 9.69 Å². The lowest BCUT2D eigenvalue weighted by Gasteiger charge is -2.38. The van der Waals surface area contributed by atoms with Gasteiger partial charge in [0.05, 0.1) is 19.3 Å². The van der Waals surface area contributed by atoms with E-state index in [1.54, 1.807) is 6.07 Å². The Morgan fingerprint density at radius 3 is 2.78 bits per heavy atom. The highest BCUT2D eigenvalue weighted by molar-refractivity contribution is 5.79. The lowest BCUT2D eigenvalue weighted by molar-refractivity contribution is -0.139. The minimum absolute atomic E-state index is 0.0656. The summed E-state index contributed by atoms with van der Waals surface area (Å²) in [5.74, 6) is -0.207. The molecule has 1 aromatic rings. The fourth-order valence-corrected chi connectivity index (χ4v) is 2.83. The zero-order chi connectivity index (χ0) is 17.0. The fraction of sp³-hybridized carbons (Fsp3) is 0.611. The average Bonchev–Trinajstić information content (AvgIpc) is 2.43. The molecule has 0 aromatic heterocycles. The number of nitrogens with zero attached hydrogens (tertiary/aromatic N) is 2. The number of carbonyl (C=O) groups is 1. The van der Waals surface area contributed by atoms with Crippen molar-refractivity contribution in [1.82, 2.24) is 9.80 Å². The molecule has 0 N–H and O–H groups in total. The van der Waals surface area contributed by atoms with Gasteiger partial charge in [0.15, 0.2) is 0 Å². The quantitative estimate of drug-likeness (QED) is 0.854. The Kier molecular flexibility index (Phi) is 5.76. The van der Waals surface area contributed by atoms with Crippen molar-refractivity contribution in [2.45, 2.75) is 45.9 Å². The van der Waals surface area contributed by atoms with E-state index in [0.29, 0.717) is 19.7 Å². The van der Waals surface area contributed by atoms with Crippen molar-refractivity contribution in [3.63, 3.8) is 0 Å². The SMILES string of the molecule is CC1CN(CC(=O)N(Cc2cccc(F)c2)C(C)(C)C)CCO1. The van der Waals surface area contributed by atoms with Crippen LogP contribution >= 0.6 is 0 Å². The van der Waals surface area contributed by atoms with E-state index in [9.17, 15) is 9.18 Å². The molecule has 2 rings (SSSR count). The third-order valence-electron chi connectivity index (χ3n) is 4.02. The van der Waals surface area contributed by atoms with Crippen molar-refractivity contribution in [2.24, 2.45) is 0 Å². The standard InChI is InChI=1S/C18H27FN2O2/c1-14-11-20(8-9-23-14)13-17(22)21(18(2,3)4)12-15-6-5-7-16(19)10-15/h5-7,10,14H,8-9,11-13H2,1-4H3. The normalized spacial score (nSPS) is 19.6. The van der Waals surface area contributed by atoms with Crippen molar-refractivity contribution < 1.29 is 13.9 Å². The first-order valence-electron chi connectivity index (χ1n) is 8.14. The number of carbonyl (C=O) groups excluding carboxylic acids is 1. The van der Waals surface area contributed by atoms with Gasteiger partial charge in [0, 0.05) is 25.2 Å². The number of ether oxygens (including phenoxy) is 1. The number of hydrogen-bond acceptors (Lipinski definition) is 3. The van der Waals surface area contributed by atoms with Gasteiger partial charge in [0.1, 0.15) is 5.82 Å². The van der Waals surface area contributed by atoms with Crippen LogP contribution in [0, 0.1) is 5.82 Å². The van der Waals surface area contributed by atoms with E-state index >= 15 is 0 Å². The molecule has 0 radical (unpaired) electrons. The van der Waals surface area contributed by atoms with E-state index in [2.05, 4.69) is 4.90 Å². The van der Waals surface area contributed by atoms with Crippen LogP contribution in [0.25, 0.3) is 0 Å². The van der Waals surface area contributed by atoms with E-state index < -0.39 is 0 Å². The Labute approximate surface area is 138 Å². The zero-order valence-corrected chi connectivity index (χ0v) is 14.5. The fourth-order valence-electron chi connectivity index (χ4n) is 2.83. The summed E-state index contributed by atoms with van der Waals surface area (Å²) in [6.45, 7) is 11.0. The Bertz CT molecular complexity index is 542. The number of rotatable bonds is 4. The highest BCUT2D eigenvalue weighted by Crippen LogP contribution is 2.19. The lowest BCUT2D eigenvalue weighted by Crippen LogP contribution is -2.51. The molecule has 128 valence electrons. The summed E-state index contributed by atoms with van der Waals surface area (Å²) in [5, 5.41) is 0. The summed E-state index contributed by atoms with van der Waals surface area (Å²) in [5.41, 5.74) is 0.491. The molecule has 1 unspecified atom stereocenters. The smallest absolute Gasteiger partial charge is 0.237 e. The van der Waals surface area contributed by atoms with Gasteiger partial charge < -0.3 is 9.64 Å². The Morgan fingerprint density at radius 2 is 2.17 bits per heavy atom. The second-order valence-corrected chi connectivity index (χ2v) is 7.20. The third kappa shape index (κ3) is 5.29. The van der Waals surface area contributed by atoms with Crippen LogP contribution in [0.1, 0.15) is 33.3 Å². The predicted octanol–water partition coefficient (Wildman–Crippen LogP) is 2.67. The van der Waals surface area contributed by atoms with Gasteiger partial charge in [0.2, 0.25) is 5.91 Å². The number of morpholine rings is 1. The number of benzene rings is 1. The van der Waals surface area contributed by atoms with Crippen LogP contribution in [-0.4, -0.2) is 53.6 Å². The molecule has 1 atom stereocenters. The van der Waals surface area contributed by atoms with Crippen molar-refractivity contribution in [2.75, 3.05) is 26.2 Å². The van der Waals surface area contributed by atoms with Crippen molar-refractivity contribution in [3.05, 3.63) is 35.6 Å². The monoisotopic (exact) mass is 322 g/mol. The molecule has 5 heteroatoms. The summed E-state index contributed by atoms with van der Waals surface area (Å²) >= 11 is 0. The molecule has 0 aliphatic carbocycles. The first-order chi connectivity index (χ1) is 10.8. The summed E-state index contributed by atoms with van der Waals surface area (Å²) in [7, 11) is 0. The van der Waals surface area contributed by atoms with Crippen molar-refractivity contribution >= 4 is 5.91 Å². The minimum Gasteiger partial charge on any atom is -0.376 e. The highest BCUT2D eigenvalue weighted by atomic mass is 19.1. The van der Waals surface area contributed by atoms with Gasteiger partial charge in [-0.1, -0.05) is 12.1 Å². The second-order valence-electron chi connectivity index (χ2n) is 7.20. The van der Waals surface area contributed by atoms with Crippen LogP contribution in [0.2, 0.25) is 0 Å². The molecular formula is C18H27FN2O2.